The number of carbonyl (C=O) groups is 1. The zero-order valence-corrected chi connectivity index (χ0v) is 20.8. The van der Waals surface area contributed by atoms with E-state index in [1.807, 2.05) is 38.1 Å². The van der Waals surface area contributed by atoms with Crippen LogP contribution in [-0.2, 0) is 4.79 Å². The first-order chi connectivity index (χ1) is 18.5. The Morgan fingerprint density at radius 1 is 1.00 bits per heavy atom. The number of carbonyl (C=O) groups excluding carboxylic acids is 1. The molecule has 0 radical (unpaired) electrons. The van der Waals surface area contributed by atoms with Crippen molar-refractivity contribution in [1.29, 1.82) is 0 Å². The van der Waals surface area contributed by atoms with Crippen molar-refractivity contribution < 1.29 is 4.79 Å². The van der Waals surface area contributed by atoms with E-state index in [-0.39, 0.29) is 11.8 Å². The van der Waals surface area contributed by atoms with Gasteiger partial charge in [-0.15, -0.1) is 0 Å². The summed E-state index contributed by atoms with van der Waals surface area (Å²) in [5, 5.41) is 9.36. The molecule has 6 aromatic heterocycles. The lowest BCUT2D eigenvalue weighted by molar-refractivity contribution is -0.119. The Kier molecular flexibility index (Phi) is 5.81. The van der Waals surface area contributed by atoms with Gasteiger partial charge in [-0.2, -0.15) is 5.10 Å². The van der Waals surface area contributed by atoms with E-state index in [4.69, 9.17) is 10.8 Å². The topological polar surface area (TPSA) is 155 Å². The van der Waals surface area contributed by atoms with Gasteiger partial charge in [-0.3, -0.25) is 24.8 Å². The van der Waals surface area contributed by atoms with Crippen LogP contribution in [0.5, 0.6) is 0 Å². The minimum Gasteiger partial charge on any atom is -0.335 e. The van der Waals surface area contributed by atoms with Gasteiger partial charge in [-0.1, -0.05) is 19.9 Å². The summed E-state index contributed by atoms with van der Waals surface area (Å²) in [4.78, 5) is 38.1. The number of nitrogens with zero attached hydrogens (tertiary/aromatic N) is 7. The minimum atomic E-state index is -0.172. The third-order valence-corrected chi connectivity index (χ3v) is 6.20. The van der Waals surface area contributed by atoms with Crippen molar-refractivity contribution >= 4 is 33.7 Å². The van der Waals surface area contributed by atoms with Crippen LogP contribution in [0.25, 0.3) is 55.8 Å². The van der Waals surface area contributed by atoms with Crippen LogP contribution < -0.4 is 10.9 Å². The number of hydrogen-bond acceptors (Lipinski definition) is 8. The van der Waals surface area contributed by atoms with Gasteiger partial charge in [0.25, 0.3) is 0 Å². The molecular formula is C27H24N10O. The number of anilines is 1. The lowest BCUT2D eigenvalue weighted by Gasteiger charge is -2.18. The lowest BCUT2D eigenvalue weighted by atomic mass is 10.1. The van der Waals surface area contributed by atoms with E-state index in [9.17, 15) is 4.79 Å². The fraction of sp³-hybridized carbons (Fsp3) is 0.148. The van der Waals surface area contributed by atoms with E-state index in [1.165, 1.54) is 0 Å². The number of hydrazine groups is 1. The molecule has 0 spiro atoms. The Balaban J connectivity index is 1.39. The van der Waals surface area contributed by atoms with Crippen LogP contribution in [0.4, 0.5) is 5.69 Å². The Bertz CT molecular complexity index is 1770. The number of aromatic amines is 2. The number of H-pyrrole nitrogens is 2. The summed E-state index contributed by atoms with van der Waals surface area (Å²) in [6.07, 6.45) is 12.4. The molecule has 188 valence electrons. The zero-order valence-electron chi connectivity index (χ0n) is 20.8. The van der Waals surface area contributed by atoms with E-state index in [0.717, 1.165) is 43.7 Å². The highest BCUT2D eigenvalue weighted by Crippen LogP contribution is 2.32. The molecule has 6 aromatic rings. The molecule has 0 saturated heterocycles. The van der Waals surface area contributed by atoms with Crippen LogP contribution >= 0.6 is 0 Å². The highest BCUT2D eigenvalue weighted by atomic mass is 16.2. The predicted octanol–water partition coefficient (Wildman–Crippen LogP) is 4.27. The lowest BCUT2D eigenvalue weighted by Crippen LogP contribution is -2.38. The maximum atomic E-state index is 12.5. The van der Waals surface area contributed by atoms with E-state index in [0.29, 0.717) is 29.3 Å². The van der Waals surface area contributed by atoms with Crippen LogP contribution in [0.3, 0.4) is 0 Å². The van der Waals surface area contributed by atoms with Gasteiger partial charge in [0.05, 0.1) is 29.0 Å². The molecule has 11 heteroatoms. The number of imidazole rings is 1. The van der Waals surface area contributed by atoms with Crippen molar-refractivity contribution in [3.63, 3.8) is 0 Å². The second-order valence-electron chi connectivity index (χ2n) is 9.40. The van der Waals surface area contributed by atoms with Gasteiger partial charge in [-0.25, -0.2) is 20.8 Å². The standard InChI is InChI=1S/C27H24N10O/c1-15(2)6-23(38)37(28)19-7-17(10-30-12-19)18-8-20-25(35-36-26(20)32-11-18)27-33-22-14-31-13-21(24(22)34-27)16-4-3-5-29-9-16/h3-5,7-15H,6,28H2,1-2H3,(H,33,34)(H,32,35,36). The third kappa shape index (κ3) is 4.24. The van der Waals surface area contributed by atoms with Gasteiger partial charge in [0.2, 0.25) is 5.91 Å². The third-order valence-electron chi connectivity index (χ3n) is 6.20. The average molecular weight is 505 g/mol. The maximum absolute atomic E-state index is 12.5. The van der Waals surface area contributed by atoms with Crippen LogP contribution in [0.1, 0.15) is 20.3 Å². The van der Waals surface area contributed by atoms with Crippen LogP contribution in [-0.4, -0.2) is 46.0 Å². The first-order valence-corrected chi connectivity index (χ1v) is 12.1. The molecule has 0 aliphatic rings. The molecule has 11 nitrogen and oxygen atoms in total. The number of pyridine rings is 4. The van der Waals surface area contributed by atoms with Gasteiger partial charge in [0.15, 0.2) is 11.5 Å². The second-order valence-corrected chi connectivity index (χ2v) is 9.40. The molecule has 0 aliphatic carbocycles. The van der Waals surface area contributed by atoms with E-state index in [2.05, 4.69) is 35.1 Å². The minimum absolute atomic E-state index is 0.172. The number of rotatable bonds is 6. The summed E-state index contributed by atoms with van der Waals surface area (Å²) in [5.41, 5.74) is 6.69. The molecule has 0 unspecified atom stereocenters. The van der Waals surface area contributed by atoms with Crippen molar-refractivity contribution in [2.45, 2.75) is 20.3 Å². The molecule has 0 saturated carbocycles. The van der Waals surface area contributed by atoms with Gasteiger partial charge in [0, 0.05) is 59.7 Å². The van der Waals surface area contributed by atoms with Crippen molar-refractivity contribution in [2.75, 3.05) is 5.01 Å². The zero-order chi connectivity index (χ0) is 26.2. The normalized spacial score (nSPS) is 11.5. The number of hydrogen-bond donors (Lipinski definition) is 3. The molecule has 0 bridgehead atoms. The molecule has 0 atom stereocenters. The highest BCUT2D eigenvalue weighted by Gasteiger charge is 2.18. The van der Waals surface area contributed by atoms with E-state index in [1.54, 1.807) is 43.4 Å². The smallest absolute Gasteiger partial charge is 0.241 e. The summed E-state index contributed by atoms with van der Waals surface area (Å²) in [6.45, 7) is 3.95. The predicted molar refractivity (Wildman–Crippen MR) is 144 cm³/mol. The molecule has 6 heterocycles. The largest absolute Gasteiger partial charge is 0.335 e. The number of fused-ring (bicyclic) bond motifs is 2. The summed E-state index contributed by atoms with van der Waals surface area (Å²) in [6, 6.07) is 7.64. The van der Waals surface area contributed by atoms with Gasteiger partial charge >= 0.3 is 0 Å². The van der Waals surface area contributed by atoms with Gasteiger partial charge in [0.1, 0.15) is 11.2 Å². The molecule has 4 N–H and O–H groups in total. The Hall–Kier alpha value is -5.03. The quantitative estimate of drug-likeness (QED) is 0.172. The molecule has 6 rings (SSSR count). The molecule has 1 amide bonds. The van der Waals surface area contributed by atoms with Crippen molar-refractivity contribution in [3.8, 4) is 33.8 Å². The van der Waals surface area contributed by atoms with Crippen molar-refractivity contribution in [2.24, 2.45) is 11.8 Å². The molecule has 0 aromatic carbocycles. The Morgan fingerprint density at radius 2 is 1.82 bits per heavy atom. The summed E-state index contributed by atoms with van der Waals surface area (Å²) >= 11 is 0. The maximum Gasteiger partial charge on any atom is 0.241 e. The van der Waals surface area contributed by atoms with Crippen LogP contribution in [0, 0.1) is 5.92 Å². The van der Waals surface area contributed by atoms with Crippen LogP contribution in [0.2, 0.25) is 0 Å². The number of aromatic nitrogens is 8. The molecular weight excluding hydrogens is 480 g/mol. The average Bonchev–Trinajstić information content (AvgIpc) is 3.56. The second kappa shape index (κ2) is 9.45. The summed E-state index contributed by atoms with van der Waals surface area (Å²) < 4.78 is 0. The van der Waals surface area contributed by atoms with Crippen molar-refractivity contribution in [1.82, 2.24) is 40.1 Å². The number of nitrogens with two attached hydrogens (primary N) is 1. The first kappa shape index (κ1) is 23.4. The van der Waals surface area contributed by atoms with E-state index >= 15 is 0 Å². The number of amides is 1. The van der Waals surface area contributed by atoms with E-state index < -0.39 is 0 Å². The van der Waals surface area contributed by atoms with Gasteiger partial charge < -0.3 is 4.98 Å². The SMILES string of the molecule is CC(C)CC(=O)N(N)c1cncc(-c2cnc3n[nH]c(-c4nc5c(-c6cccnc6)cncc5[nH]4)c3c2)c1. The first-order valence-electron chi connectivity index (χ1n) is 12.1. The fourth-order valence-electron chi connectivity index (χ4n) is 4.33. The molecule has 0 aliphatic heterocycles. The molecule has 0 fully saturated rings. The number of nitrogens with one attached hydrogen (secondary N) is 2. The van der Waals surface area contributed by atoms with Gasteiger partial charge in [-0.05, 0) is 24.1 Å². The molecule has 38 heavy (non-hydrogen) atoms. The fourth-order valence-corrected chi connectivity index (χ4v) is 4.33. The monoisotopic (exact) mass is 504 g/mol. The van der Waals surface area contributed by atoms with Crippen LogP contribution in [0.15, 0.2) is 67.6 Å². The summed E-state index contributed by atoms with van der Waals surface area (Å²) in [7, 11) is 0. The van der Waals surface area contributed by atoms with Crippen molar-refractivity contribution in [3.05, 3.63) is 67.6 Å². The highest BCUT2D eigenvalue weighted by molar-refractivity contribution is 5.97. The Morgan fingerprint density at radius 3 is 2.63 bits per heavy atom. The Labute approximate surface area is 217 Å². The summed E-state index contributed by atoms with van der Waals surface area (Å²) in [5.74, 6) is 6.73.